The molecule has 0 spiro atoms. The van der Waals surface area contributed by atoms with Crippen molar-refractivity contribution in [3.8, 4) is 5.75 Å². The Morgan fingerprint density at radius 1 is 1.25 bits per heavy atom. The molecule has 0 aromatic heterocycles. The Morgan fingerprint density at radius 2 is 1.94 bits per heavy atom. The Balaban J connectivity index is 2.66. The largest absolute Gasteiger partial charge is 0.491 e. The number of benzene rings is 1. The molecular weight excluding hydrogens is 200 g/mol. The normalized spacial score (nSPS) is 12.6. The average molecular weight is 222 g/mol. The number of aliphatic hydroxyl groups excluding tert-OH is 1. The summed E-state index contributed by atoms with van der Waals surface area (Å²) in [4.78, 5) is 0. The van der Waals surface area contributed by atoms with Crippen LogP contribution in [-0.4, -0.2) is 17.8 Å². The van der Waals surface area contributed by atoms with Crippen LogP contribution in [0, 0.1) is 20.8 Å². The first-order chi connectivity index (χ1) is 7.54. The van der Waals surface area contributed by atoms with Crippen LogP contribution < -0.4 is 4.74 Å². The molecular formula is C14H22O2. The van der Waals surface area contributed by atoms with Crippen molar-refractivity contribution < 1.29 is 9.84 Å². The van der Waals surface area contributed by atoms with E-state index in [2.05, 4.69) is 33.8 Å². The van der Waals surface area contributed by atoms with Gasteiger partial charge in [0.2, 0.25) is 0 Å². The van der Waals surface area contributed by atoms with Gasteiger partial charge >= 0.3 is 0 Å². The summed E-state index contributed by atoms with van der Waals surface area (Å²) in [6, 6.07) is 4.17. The van der Waals surface area contributed by atoms with Gasteiger partial charge in [0.15, 0.2) is 0 Å². The van der Waals surface area contributed by atoms with Gasteiger partial charge in [0.1, 0.15) is 12.4 Å². The third kappa shape index (κ3) is 3.53. The first-order valence-corrected chi connectivity index (χ1v) is 5.93. The van der Waals surface area contributed by atoms with Crippen LogP contribution in [0.15, 0.2) is 12.1 Å². The Bertz CT molecular complexity index is 345. The smallest absolute Gasteiger partial charge is 0.122 e. The third-order valence-corrected chi connectivity index (χ3v) is 2.82. The van der Waals surface area contributed by atoms with Gasteiger partial charge in [0, 0.05) is 0 Å². The van der Waals surface area contributed by atoms with Gasteiger partial charge in [-0.15, -0.1) is 0 Å². The van der Waals surface area contributed by atoms with E-state index in [0.29, 0.717) is 6.61 Å². The highest BCUT2D eigenvalue weighted by atomic mass is 16.5. The summed E-state index contributed by atoms with van der Waals surface area (Å²) in [7, 11) is 0. The number of hydrogen-bond donors (Lipinski definition) is 1. The van der Waals surface area contributed by atoms with E-state index in [4.69, 9.17) is 4.74 Å². The summed E-state index contributed by atoms with van der Waals surface area (Å²) < 4.78 is 5.66. The van der Waals surface area contributed by atoms with Crippen molar-refractivity contribution in [1.82, 2.24) is 0 Å². The van der Waals surface area contributed by atoms with Crippen LogP contribution in [0.5, 0.6) is 5.75 Å². The van der Waals surface area contributed by atoms with Crippen LogP contribution in [0.2, 0.25) is 0 Å². The van der Waals surface area contributed by atoms with Gasteiger partial charge in [0.05, 0.1) is 6.10 Å². The molecule has 0 aliphatic rings. The van der Waals surface area contributed by atoms with Gasteiger partial charge in [-0.25, -0.2) is 0 Å². The van der Waals surface area contributed by atoms with Crippen LogP contribution in [0.3, 0.4) is 0 Å². The van der Waals surface area contributed by atoms with Gasteiger partial charge in [-0.3, -0.25) is 0 Å². The summed E-state index contributed by atoms with van der Waals surface area (Å²) in [5.74, 6) is 0.896. The predicted octanol–water partition coefficient (Wildman–Crippen LogP) is 3.15. The number of hydrogen-bond acceptors (Lipinski definition) is 2. The van der Waals surface area contributed by atoms with Gasteiger partial charge in [-0.2, -0.15) is 0 Å². The minimum atomic E-state index is -0.356. The number of ether oxygens (including phenoxy) is 1. The predicted molar refractivity (Wildman–Crippen MR) is 67.1 cm³/mol. The molecule has 0 fully saturated rings. The van der Waals surface area contributed by atoms with E-state index in [9.17, 15) is 5.11 Å². The van der Waals surface area contributed by atoms with Crippen molar-refractivity contribution in [3.63, 3.8) is 0 Å². The number of aliphatic hydroxyl groups is 1. The van der Waals surface area contributed by atoms with E-state index in [1.54, 1.807) is 0 Å². The number of rotatable bonds is 5. The fraction of sp³-hybridized carbons (Fsp3) is 0.571. The highest BCUT2D eigenvalue weighted by Gasteiger charge is 2.07. The maximum absolute atomic E-state index is 9.61. The van der Waals surface area contributed by atoms with Gasteiger partial charge in [-0.1, -0.05) is 19.4 Å². The van der Waals surface area contributed by atoms with Gasteiger partial charge < -0.3 is 9.84 Å². The second-order valence-electron chi connectivity index (χ2n) is 4.46. The quantitative estimate of drug-likeness (QED) is 0.829. The van der Waals surface area contributed by atoms with Crippen LogP contribution in [0.4, 0.5) is 0 Å². The van der Waals surface area contributed by atoms with Crippen molar-refractivity contribution in [2.45, 2.75) is 46.6 Å². The Hall–Kier alpha value is -1.02. The molecule has 0 amide bonds. The van der Waals surface area contributed by atoms with Gasteiger partial charge in [-0.05, 0) is 49.9 Å². The second kappa shape index (κ2) is 5.90. The fourth-order valence-electron chi connectivity index (χ4n) is 1.75. The zero-order valence-electron chi connectivity index (χ0n) is 10.7. The first-order valence-electron chi connectivity index (χ1n) is 5.93. The van der Waals surface area contributed by atoms with Crippen molar-refractivity contribution in [2.75, 3.05) is 6.61 Å². The van der Waals surface area contributed by atoms with Crippen LogP contribution in [0.25, 0.3) is 0 Å². The second-order valence-corrected chi connectivity index (χ2v) is 4.46. The molecule has 1 aromatic carbocycles. The molecule has 1 N–H and O–H groups in total. The van der Waals surface area contributed by atoms with E-state index in [0.717, 1.165) is 24.2 Å². The molecule has 16 heavy (non-hydrogen) atoms. The lowest BCUT2D eigenvalue weighted by Gasteiger charge is -2.15. The van der Waals surface area contributed by atoms with Crippen molar-refractivity contribution in [1.29, 1.82) is 0 Å². The van der Waals surface area contributed by atoms with E-state index >= 15 is 0 Å². The van der Waals surface area contributed by atoms with Crippen molar-refractivity contribution in [2.24, 2.45) is 0 Å². The molecule has 0 saturated heterocycles. The summed E-state index contributed by atoms with van der Waals surface area (Å²) in [6.45, 7) is 8.64. The minimum absolute atomic E-state index is 0.356. The van der Waals surface area contributed by atoms with E-state index in [1.807, 2.05) is 6.07 Å². The lowest BCUT2D eigenvalue weighted by atomic mass is 10.1. The molecule has 2 heteroatoms. The van der Waals surface area contributed by atoms with E-state index in [-0.39, 0.29) is 6.10 Å². The van der Waals surface area contributed by atoms with Crippen molar-refractivity contribution in [3.05, 3.63) is 28.8 Å². The summed E-state index contributed by atoms with van der Waals surface area (Å²) >= 11 is 0. The summed E-state index contributed by atoms with van der Waals surface area (Å²) in [5, 5.41) is 9.61. The zero-order valence-corrected chi connectivity index (χ0v) is 10.7. The number of aryl methyl sites for hydroxylation is 2. The zero-order chi connectivity index (χ0) is 12.1. The Morgan fingerprint density at radius 3 is 2.56 bits per heavy atom. The topological polar surface area (TPSA) is 29.5 Å². The summed E-state index contributed by atoms with van der Waals surface area (Å²) in [6.07, 6.45) is 1.42. The fourth-order valence-corrected chi connectivity index (χ4v) is 1.75. The summed E-state index contributed by atoms with van der Waals surface area (Å²) in [5.41, 5.74) is 3.59. The Labute approximate surface area is 98.3 Å². The monoisotopic (exact) mass is 222 g/mol. The molecule has 1 aromatic rings. The molecule has 0 heterocycles. The minimum Gasteiger partial charge on any atom is -0.491 e. The Kier molecular flexibility index (Phi) is 4.81. The molecule has 1 atom stereocenters. The van der Waals surface area contributed by atoms with Gasteiger partial charge in [0.25, 0.3) is 0 Å². The maximum atomic E-state index is 9.61. The molecule has 0 aliphatic carbocycles. The SMILES string of the molecule is CCCC(O)COc1cc(C)cc(C)c1C. The van der Waals surface area contributed by atoms with E-state index in [1.165, 1.54) is 11.1 Å². The van der Waals surface area contributed by atoms with Crippen LogP contribution in [-0.2, 0) is 0 Å². The van der Waals surface area contributed by atoms with Crippen LogP contribution >= 0.6 is 0 Å². The standard InChI is InChI=1S/C14H22O2/c1-5-6-13(15)9-16-14-8-10(2)7-11(3)12(14)4/h7-8,13,15H,5-6,9H2,1-4H3. The molecule has 0 radical (unpaired) electrons. The molecule has 1 rings (SSSR count). The first kappa shape index (κ1) is 13.0. The third-order valence-electron chi connectivity index (χ3n) is 2.82. The molecule has 0 bridgehead atoms. The van der Waals surface area contributed by atoms with E-state index < -0.39 is 0 Å². The van der Waals surface area contributed by atoms with Crippen LogP contribution in [0.1, 0.15) is 36.5 Å². The highest BCUT2D eigenvalue weighted by molar-refractivity contribution is 5.41. The lowest BCUT2D eigenvalue weighted by Crippen LogP contribution is -2.17. The lowest BCUT2D eigenvalue weighted by molar-refractivity contribution is 0.0989. The van der Waals surface area contributed by atoms with Crippen molar-refractivity contribution >= 4 is 0 Å². The molecule has 1 unspecified atom stereocenters. The molecule has 90 valence electrons. The molecule has 0 saturated carbocycles. The molecule has 2 nitrogen and oxygen atoms in total. The average Bonchev–Trinajstić information content (AvgIpc) is 2.21. The molecule has 0 aliphatic heterocycles. The highest BCUT2D eigenvalue weighted by Crippen LogP contribution is 2.23. The maximum Gasteiger partial charge on any atom is 0.122 e.